The second-order valence-electron chi connectivity index (χ2n) is 4.82. The Bertz CT molecular complexity index is 749. The van der Waals surface area contributed by atoms with Crippen molar-refractivity contribution in [2.24, 2.45) is 0 Å². The van der Waals surface area contributed by atoms with Crippen molar-refractivity contribution in [1.29, 1.82) is 0 Å². The van der Waals surface area contributed by atoms with Gasteiger partial charge in [0.15, 0.2) is 0 Å². The van der Waals surface area contributed by atoms with Crippen LogP contribution >= 0.6 is 11.6 Å². The van der Waals surface area contributed by atoms with Crippen molar-refractivity contribution in [3.8, 4) is 5.75 Å². The summed E-state index contributed by atoms with van der Waals surface area (Å²) in [5.41, 5.74) is 1.45. The molecule has 7 heteroatoms. The number of halogens is 1. The summed E-state index contributed by atoms with van der Waals surface area (Å²) in [5, 5.41) is 5.96. The van der Waals surface area contributed by atoms with E-state index in [1.54, 1.807) is 43.5 Å². The van der Waals surface area contributed by atoms with E-state index in [0.29, 0.717) is 17.1 Å². The molecule has 0 bridgehead atoms. The van der Waals surface area contributed by atoms with Crippen LogP contribution in [0, 0.1) is 0 Å². The number of nitrogens with one attached hydrogen (secondary N) is 2. The Labute approximate surface area is 144 Å². The third-order valence-corrected chi connectivity index (χ3v) is 3.51. The molecule has 126 valence electrons. The average molecular weight is 349 g/mol. The van der Waals surface area contributed by atoms with Gasteiger partial charge in [0, 0.05) is 17.4 Å². The zero-order chi connectivity index (χ0) is 17.5. The molecule has 0 radical (unpaired) electrons. The van der Waals surface area contributed by atoms with E-state index < -0.39 is 5.97 Å². The molecule has 0 aromatic heterocycles. The van der Waals surface area contributed by atoms with Crippen molar-refractivity contribution < 1.29 is 19.1 Å². The number of anilines is 2. The van der Waals surface area contributed by atoms with Crippen molar-refractivity contribution in [2.75, 3.05) is 31.4 Å². The summed E-state index contributed by atoms with van der Waals surface area (Å²) >= 11 is 5.95. The second kappa shape index (κ2) is 8.21. The second-order valence-corrected chi connectivity index (χ2v) is 5.23. The number of carbonyl (C=O) groups is 2. The van der Waals surface area contributed by atoms with E-state index in [1.807, 2.05) is 0 Å². The molecular formula is C17H17ClN2O4. The fourth-order valence-electron chi connectivity index (χ4n) is 1.99. The lowest BCUT2D eigenvalue weighted by molar-refractivity contribution is -0.114. The third-order valence-electron chi connectivity index (χ3n) is 3.18. The summed E-state index contributed by atoms with van der Waals surface area (Å²) < 4.78 is 9.76. The van der Waals surface area contributed by atoms with Gasteiger partial charge in [0.2, 0.25) is 5.91 Å². The lowest BCUT2D eigenvalue weighted by atomic mass is 10.2. The minimum Gasteiger partial charge on any atom is -0.497 e. The molecule has 0 aliphatic rings. The minimum absolute atomic E-state index is 0.0272. The molecule has 2 aromatic rings. The topological polar surface area (TPSA) is 76.7 Å². The molecule has 0 saturated heterocycles. The van der Waals surface area contributed by atoms with E-state index in [9.17, 15) is 9.59 Å². The van der Waals surface area contributed by atoms with Crippen LogP contribution in [-0.4, -0.2) is 32.6 Å². The highest BCUT2D eigenvalue weighted by Crippen LogP contribution is 2.21. The van der Waals surface area contributed by atoms with Crippen molar-refractivity contribution in [2.45, 2.75) is 0 Å². The number of esters is 1. The van der Waals surface area contributed by atoms with Crippen LogP contribution in [0.1, 0.15) is 10.4 Å². The number of hydrogen-bond donors (Lipinski definition) is 2. The summed E-state index contributed by atoms with van der Waals surface area (Å²) in [6.07, 6.45) is 0. The van der Waals surface area contributed by atoms with E-state index in [4.69, 9.17) is 16.3 Å². The molecule has 0 saturated carbocycles. The van der Waals surface area contributed by atoms with Crippen LogP contribution in [0.15, 0.2) is 42.5 Å². The quantitative estimate of drug-likeness (QED) is 0.784. The average Bonchev–Trinajstić information content (AvgIpc) is 2.60. The van der Waals surface area contributed by atoms with E-state index >= 15 is 0 Å². The lowest BCUT2D eigenvalue weighted by Gasteiger charge is -2.10. The molecule has 0 atom stereocenters. The van der Waals surface area contributed by atoms with Crippen LogP contribution in [0.2, 0.25) is 5.02 Å². The summed E-state index contributed by atoms with van der Waals surface area (Å²) in [6, 6.07) is 11.8. The predicted octanol–water partition coefficient (Wildman–Crippen LogP) is 3.19. The Morgan fingerprint density at radius 1 is 1.08 bits per heavy atom. The Kier molecular flexibility index (Phi) is 6.03. The van der Waals surface area contributed by atoms with Gasteiger partial charge in [-0.1, -0.05) is 17.7 Å². The van der Waals surface area contributed by atoms with Gasteiger partial charge in [-0.2, -0.15) is 0 Å². The highest BCUT2D eigenvalue weighted by Gasteiger charge is 2.12. The van der Waals surface area contributed by atoms with Crippen LogP contribution < -0.4 is 15.4 Å². The number of amides is 1. The molecule has 0 spiro atoms. The van der Waals surface area contributed by atoms with Crippen LogP contribution in [0.5, 0.6) is 5.75 Å². The van der Waals surface area contributed by atoms with Gasteiger partial charge in [0.1, 0.15) is 5.75 Å². The van der Waals surface area contributed by atoms with Crippen molar-refractivity contribution in [3.63, 3.8) is 0 Å². The molecule has 2 aromatic carbocycles. The van der Waals surface area contributed by atoms with Crippen molar-refractivity contribution in [1.82, 2.24) is 0 Å². The Morgan fingerprint density at radius 2 is 1.88 bits per heavy atom. The maximum atomic E-state index is 12.0. The Balaban J connectivity index is 1.97. The SMILES string of the molecule is COC(=O)c1cc(NCC(=O)Nc2cccc(OC)c2)ccc1Cl. The third kappa shape index (κ3) is 4.63. The normalized spacial score (nSPS) is 9.96. The lowest BCUT2D eigenvalue weighted by Crippen LogP contribution is -2.21. The van der Waals surface area contributed by atoms with Gasteiger partial charge in [-0.25, -0.2) is 4.79 Å². The molecule has 6 nitrogen and oxygen atoms in total. The largest absolute Gasteiger partial charge is 0.497 e. The zero-order valence-corrected chi connectivity index (χ0v) is 14.0. The van der Waals surface area contributed by atoms with E-state index in [2.05, 4.69) is 15.4 Å². The van der Waals surface area contributed by atoms with Crippen molar-refractivity contribution >= 4 is 34.9 Å². The van der Waals surface area contributed by atoms with Gasteiger partial charge in [-0.3, -0.25) is 4.79 Å². The first-order chi connectivity index (χ1) is 11.5. The van der Waals surface area contributed by atoms with Crippen LogP contribution in [0.25, 0.3) is 0 Å². The van der Waals surface area contributed by atoms with E-state index in [-0.39, 0.29) is 23.0 Å². The van der Waals surface area contributed by atoms with Gasteiger partial charge in [0.25, 0.3) is 0 Å². The van der Waals surface area contributed by atoms with Crippen molar-refractivity contribution in [3.05, 3.63) is 53.1 Å². The molecule has 0 aliphatic heterocycles. The van der Waals surface area contributed by atoms with Crippen LogP contribution in [0.3, 0.4) is 0 Å². The van der Waals surface area contributed by atoms with Gasteiger partial charge >= 0.3 is 5.97 Å². The molecule has 0 aliphatic carbocycles. The maximum absolute atomic E-state index is 12.0. The van der Waals surface area contributed by atoms with Crippen LogP contribution in [0.4, 0.5) is 11.4 Å². The number of ether oxygens (including phenoxy) is 2. The van der Waals surface area contributed by atoms with Crippen LogP contribution in [-0.2, 0) is 9.53 Å². The number of methoxy groups -OCH3 is 2. The predicted molar refractivity (Wildman–Crippen MR) is 92.9 cm³/mol. The monoisotopic (exact) mass is 348 g/mol. The highest BCUT2D eigenvalue weighted by molar-refractivity contribution is 6.33. The molecule has 0 heterocycles. The summed E-state index contributed by atoms with van der Waals surface area (Å²) in [6.45, 7) is 0.0272. The molecular weight excluding hydrogens is 332 g/mol. The smallest absolute Gasteiger partial charge is 0.339 e. The first kappa shape index (κ1) is 17.6. The first-order valence-corrected chi connectivity index (χ1v) is 7.47. The molecule has 0 unspecified atom stereocenters. The first-order valence-electron chi connectivity index (χ1n) is 7.09. The summed E-state index contributed by atoms with van der Waals surface area (Å²) in [5.74, 6) is -0.122. The number of rotatable bonds is 6. The number of benzene rings is 2. The Hall–Kier alpha value is -2.73. The zero-order valence-electron chi connectivity index (χ0n) is 13.3. The van der Waals surface area contributed by atoms with Gasteiger partial charge in [-0.15, -0.1) is 0 Å². The standard InChI is InChI=1S/C17H17ClN2O4/c1-23-13-5-3-4-12(8-13)20-16(21)10-19-11-6-7-15(18)14(9-11)17(22)24-2/h3-9,19H,10H2,1-2H3,(H,20,21). The highest BCUT2D eigenvalue weighted by atomic mass is 35.5. The maximum Gasteiger partial charge on any atom is 0.339 e. The van der Waals surface area contributed by atoms with E-state index in [1.165, 1.54) is 13.2 Å². The molecule has 0 fully saturated rings. The molecule has 2 N–H and O–H groups in total. The number of hydrogen-bond acceptors (Lipinski definition) is 5. The minimum atomic E-state index is -0.538. The summed E-state index contributed by atoms with van der Waals surface area (Å²) in [4.78, 5) is 23.6. The molecule has 2 rings (SSSR count). The molecule has 1 amide bonds. The number of carbonyl (C=O) groups excluding carboxylic acids is 2. The Morgan fingerprint density at radius 3 is 2.58 bits per heavy atom. The van der Waals surface area contributed by atoms with Gasteiger partial charge in [0.05, 0.1) is 31.4 Å². The molecule has 24 heavy (non-hydrogen) atoms. The van der Waals surface area contributed by atoms with Gasteiger partial charge in [-0.05, 0) is 30.3 Å². The fraction of sp³-hybridized carbons (Fsp3) is 0.176. The van der Waals surface area contributed by atoms with Gasteiger partial charge < -0.3 is 20.1 Å². The van der Waals surface area contributed by atoms with E-state index in [0.717, 1.165) is 0 Å². The summed E-state index contributed by atoms with van der Waals surface area (Å²) in [7, 11) is 2.84. The fourth-order valence-corrected chi connectivity index (χ4v) is 2.18.